The molecule has 28 heavy (non-hydrogen) atoms. The van der Waals surface area contributed by atoms with Crippen molar-refractivity contribution in [3.8, 4) is 5.75 Å². The molecule has 3 heterocycles. The van der Waals surface area contributed by atoms with Gasteiger partial charge in [0.25, 0.3) is 0 Å². The highest BCUT2D eigenvalue weighted by molar-refractivity contribution is 6.31. The monoisotopic (exact) mass is 395 g/mol. The number of methoxy groups -OCH3 is 1. The molecule has 6 heteroatoms. The van der Waals surface area contributed by atoms with Crippen LogP contribution < -0.4 is 4.74 Å². The summed E-state index contributed by atoms with van der Waals surface area (Å²) in [4.78, 5) is 11.6. The maximum atomic E-state index is 14.6. The van der Waals surface area contributed by atoms with Gasteiger partial charge in [-0.25, -0.2) is 9.97 Å². The number of rotatable bonds is 6. The summed E-state index contributed by atoms with van der Waals surface area (Å²) < 4.78 is 19.8. The molecule has 0 radical (unpaired) electrons. The van der Waals surface area contributed by atoms with Crippen LogP contribution in [0.15, 0.2) is 54.9 Å². The Morgan fingerprint density at radius 2 is 1.93 bits per heavy atom. The molecule has 0 saturated heterocycles. The van der Waals surface area contributed by atoms with E-state index in [0.29, 0.717) is 29.8 Å². The van der Waals surface area contributed by atoms with E-state index in [1.165, 1.54) is 0 Å². The third kappa shape index (κ3) is 3.85. The predicted molar refractivity (Wildman–Crippen MR) is 109 cm³/mol. The molecule has 142 valence electrons. The standard InChI is InChI=1S/C22H19ClFN3O/c1-28-18-11-19-16(12-25-22(19)26-13-18)10-15-7-9-17(27-21(15)24)8-6-14-4-2-3-5-20(14)23/h2-5,7,9,11-13H,6,8,10H2,1H3,(H,25,26). The van der Waals surface area contributed by atoms with Crippen molar-refractivity contribution in [2.75, 3.05) is 7.11 Å². The van der Waals surface area contributed by atoms with E-state index in [0.717, 1.165) is 33.6 Å². The molecule has 4 aromatic rings. The lowest BCUT2D eigenvalue weighted by Gasteiger charge is -2.07. The average molecular weight is 396 g/mol. The van der Waals surface area contributed by atoms with Gasteiger partial charge in [-0.05, 0) is 42.2 Å². The van der Waals surface area contributed by atoms with Crippen LogP contribution in [0.1, 0.15) is 22.4 Å². The zero-order valence-corrected chi connectivity index (χ0v) is 16.1. The van der Waals surface area contributed by atoms with Gasteiger partial charge in [-0.1, -0.05) is 35.9 Å². The molecule has 0 atom stereocenters. The molecule has 0 unspecified atom stereocenters. The number of aryl methyl sites for hydroxylation is 2. The van der Waals surface area contributed by atoms with Gasteiger partial charge in [0, 0.05) is 34.3 Å². The number of hydrogen-bond acceptors (Lipinski definition) is 3. The minimum atomic E-state index is -0.443. The van der Waals surface area contributed by atoms with E-state index in [1.807, 2.05) is 42.6 Å². The second-order valence-electron chi connectivity index (χ2n) is 6.61. The first-order chi connectivity index (χ1) is 13.6. The van der Waals surface area contributed by atoms with Gasteiger partial charge in [0.1, 0.15) is 11.4 Å². The third-order valence-electron chi connectivity index (χ3n) is 4.80. The lowest BCUT2D eigenvalue weighted by Crippen LogP contribution is -2.01. The van der Waals surface area contributed by atoms with Gasteiger partial charge in [-0.2, -0.15) is 4.39 Å². The topological polar surface area (TPSA) is 50.8 Å². The molecule has 4 nitrogen and oxygen atoms in total. The van der Waals surface area contributed by atoms with E-state index < -0.39 is 5.95 Å². The fourth-order valence-corrected chi connectivity index (χ4v) is 3.47. The summed E-state index contributed by atoms with van der Waals surface area (Å²) in [5.41, 5.74) is 4.00. The molecule has 0 fully saturated rings. The normalized spacial score (nSPS) is 11.1. The maximum absolute atomic E-state index is 14.6. The smallest absolute Gasteiger partial charge is 0.216 e. The number of H-pyrrole nitrogens is 1. The minimum Gasteiger partial charge on any atom is -0.495 e. The van der Waals surface area contributed by atoms with Gasteiger partial charge in [0.15, 0.2) is 0 Å². The second-order valence-corrected chi connectivity index (χ2v) is 7.01. The van der Waals surface area contributed by atoms with E-state index >= 15 is 0 Å². The van der Waals surface area contributed by atoms with Crippen LogP contribution in [0, 0.1) is 5.95 Å². The predicted octanol–water partition coefficient (Wildman–Crippen LogP) is 5.14. The van der Waals surface area contributed by atoms with Gasteiger partial charge in [-0.3, -0.25) is 0 Å². The Morgan fingerprint density at radius 3 is 2.71 bits per heavy atom. The van der Waals surface area contributed by atoms with Crippen LogP contribution in [0.2, 0.25) is 5.02 Å². The summed E-state index contributed by atoms with van der Waals surface area (Å²) >= 11 is 6.18. The molecule has 0 aliphatic heterocycles. The highest BCUT2D eigenvalue weighted by Crippen LogP contribution is 2.24. The van der Waals surface area contributed by atoms with Gasteiger partial charge >= 0.3 is 0 Å². The molecule has 0 aliphatic carbocycles. The lowest BCUT2D eigenvalue weighted by molar-refractivity contribution is 0.413. The number of aromatic nitrogens is 3. The summed E-state index contributed by atoms with van der Waals surface area (Å²) in [5, 5.41) is 1.64. The molecule has 3 aromatic heterocycles. The fraction of sp³-hybridized carbons (Fsp3) is 0.182. The number of fused-ring (bicyclic) bond motifs is 1. The van der Waals surface area contributed by atoms with E-state index in [-0.39, 0.29) is 0 Å². The van der Waals surface area contributed by atoms with E-state index in [9.17, 15) is 4.39 Å². The Kier molecular flexibility index (Phi) is 5.26. The number of ether oxygens (including phenoxy) is 1. The second kappa shape index (κ2) is 7.98. The Morgan fingerprint density at radius 1 is 1.07 bits per heavy atom. The zero-order chi connectivity index (χ0) is 19.5. The Hall–Kier alpha value is -2.92. The largest absolute Gasteiger partial charge is 0.495 e. The highest BCUT2D eigenvalue weighted by Gasteiger charge is 2.12. The molecular weight excluding hydrogens is 377 g/mol. The highest BCUT2D eigenvalue weighted by atomic mass is 35.5. The number of aromatic amines is 1. The molecule has 0 amide bonds. The zero-order valence-electron chi connectivity index (χ0n) is 15.4. The maximum Gasteiger partial charge on any atom is 0.216 e. The summed E-state index contributed by atoms with van der Waals surface area (Å²) in [6, 6.07) is 13.3. The molecule has 0 aliphatic rings. The first-order valence-electron chi connectivity index (χ1n) is 9.01. The van der Waals surface area contributed by atoms with Crippen LogP contribution in [0.4, 0.5) is 4.39 Å². The van der Waals surface area contributed by atoms with Crippen molar-refractivity contribution in [2.45, 2.75) is 19.3 Å². The number of pyridine rings is 2. The van der Waals surface area contributed by atoms with Crippen molar-refractivity contribution in [1.29, 1.82) is 0 Å². The van der Waals surface area contributed by atoms with Crippen molar-refractivity contribution < 1.29 is 9.13 Å². The number of nitrogens with one attached hydrogen (secondary N) is 1. The van der Waals surface area contributed by atoms with Gasteiger partial charge in [0.2, 0.25) is 5.95 Å². The van der Waals surface area contributed by atoms with Gasteiger partial charge in [-0.15, -0.1) is 0 Å². The minimum absolute atomic E-state index is 0.429. The summed E-state index contributed by atoms with van der Waals surface area (Å²) in [6.07, 6.45) is 5.29. The molecular formula is C22H19ClFN3O. The molecule has 1 N–H and O–H groups in total. The first kappa shape index (κ1) is 18.4. The van der Waals surface area contributed by atoms with Crippen LogP contribution in [-0.4, -0.2) is 22.1 Å². The van der Waals surface area contributed by atoms with Crippen molar-refractivity contribution >= 4 is 22.6 Å². The number of halogens is 2. The Labute approximate surface area is 167 Å². The van der Waals surface area contributed by atoms with Crippen LogP contribution in [0.5, 0.6) is 5.75 Å². The number of nitrogens with zero attached hydrogens (tertiary/aromatic N) is 2. The molecule has 0 spiro atoms. The first-order valence-corrected chi connectivity index (χ1v) is 9.39. The third-order valence-corrected chi connectivity index (χ3v) is 5.17. The van der Waals surface area contributed by atoms with Gasteiger partial charge in [0.05, 0.1) is 13.3 Å². The summed E-state index contributed by atoms with van der Waals surface area (Å²) in [6.45, 7) is 0. The van der Waals surface area contributed by atoms with Crippen molar-refractivity contribution in [2.24, 2.45) is 0 Å². The van der Waals surface area contributed by atoms with Crippen molar-refractivity contribution in [3.63, 3.8) is 0 Å². The Bertz CT molecular complexity index is 1130. The molecule has 0 saturated carbocycles. The summed E-state index contributed by atoms with van der Waals surface area (Å²) in [5.74, 6) is 0.226. The van der Waals surface area contributed by atoms with Crippen LogP contribution in [0.25, 0.3) is 11.0 Å². The molecule has 0 bridgehead atoms. The van der Waals surface area contributed by atoms with Crippen molar-refractivity contribution in [1.82, 2.24) is 15.0 Å². The summed E-state index contributed by atoms with van der Waals surface area (Å²) in [7, 11) is 1.60. The quantitative estimate of drug-likeness (QED) is 0.460. The fourth-order valence-electron chi connectivity index (χ4n) is 3.24. The SMILES string of the molecule is COc1cnc2[nH]cc(Cc3ccc(CCc4ccccc4Cl)nc3F)c2c1. The van der Waals surface area contributed by atoms with Crippen LogP contribution in [0.3, 0.4) is 0 Å². The molecule has 1 aromatic carbocycles. The van der Waals surface area contributed by atoms with E-state index in [2.05, 4.69) is 15.0 Å². The molecule has 4 rings (SSSR count). The Balaban J connectivity index is 1.51. The van der Waals surface area contributed by atoms with Gasteiger partial charge < -0.3 is 9.72 Å². The number of hydrogen-bond donors (Lipinski definition) is 1. The van der Waals surface area contributed by atoms with Crippen LogP contribution >= 0.6 is 11.6 Å². The van der Waals surface area contributed by atoms with Crippen LogP contribution in [-0.2, 0) is 19.3 Å². The van der Waals surface area contributed by atoms with E-state index in [4.69, 9.17) is 16.3 Å². The van der Waals surface area contributed by atoms with Crippen molar-refractivity contribution in [3.05, 3.63) is 88.2 Å². The number of benzene rings is 1. The lowest BCUT2D eigenvalue weighted by atomic mass is 10.0. The average Bonchev–Trinajstić information content (AvgIpc) is 3.11. The van der Waals surface area contributed by atoms with E-state index in [1.54, 1.807) is 19.4 Å².